The van der Waals surface area contributed by atoms with E-state index in [4.69, 9.17) is 15.0 Å². The van der Waals surface area contributed by atoms with Gasteiger partial charge in [-0.05, 0) is 62.6 Å². The van der Waals surface area contributed by atoms with Crippen LogP contribution in [0, 0.1) is 0 Å². The molecule has 268 valence electrons. The molecule has 4 aromatic rings. The molecule has 1 aliphatic carbocycles. The molecule has 0 spiro atoms. The van der Waals surface area contributed by atoms with Gasteiger partial charge in [-0.25, -0.2) is 14.8 Å². The molecular weight excluding hydrogens is 636 g/mol. The van der Waals surface area contributed by atoms with Gasteiger partial charge in [-0.3, -0.25) is 4.68 Å². The van der Waals surface area contributed by atoms with Crippen molar-refractivity contribution in [3.05, 3.63) is 48.7 Å². The first-order valence-electron chi connectivity index (χ1n) is 18.2. The van der Waals surface area contributed by atoms with Crippen LogP contribution < -0.4 is 25.8 Å². The number of imidazole rings is 1. The van der Waals surface area contributed by atoms with E-state index in [0.29, 0.717) is 42.4 Å². The summed E-state index contributed by atoms with van der Waals surface area (Å²) in [4.78, 5) is 36.6. The minimum atomic E-state index is -1.03. The summed E-state index contributed by atoms with van der Waals surface area (Å²) in [7, 11) is 0. The maximum Gasteiger partial charge on any atom is 0.315 e. The van der Waals surface area contributed by atoms with Crippen molar-refractivity contribution in [2.75, 3.05) is 41.3 Å². The summed E-state index contributed by atoms with van der Waals surface area (Å²) in [5.74, 6) is 2.17. The van der Waals surface area contributed by atoms with E-state index >= 15 is 0 Å². The van der Waals surface area contributed by atoms with Crippen LogP contribution in [0.15, 0.2) is 43.1 Å². The van der Waals surface area contributed by atoms with Crippen LogP contribution >= 0.6 is 0 Å². The molecule has 6 heterocycles. The van der Waals surface area contributed by atoms with Gasteiger partial charge < -0.3 is 40.5 Å². The van der Waals surface area contributed by atoms with Gasteiger partial charge in [0.25, 0.3) is 0 Å². The van der Waals surface area contributed by atoms with E-state index in [2.05, 4.69) is 56.6 Å². The van der Waals surface area contributed by atoms with Crippen molar-refractivity contribution in [2.24, 2.45) is 0 Å². The molecule has 50 heavy (non-hydrogen) atoms. The van der Waals surface area contributed by atoms with Crippen LogP contribution in [-0.4, -0.2) is 107 Å². The molecule has 0 aromatic carbocycles. The highest BCUT2D eigenvalue weighted by Crippen LogP contribution is 2.40. The summed E-state index contributed by atoms with van der Waals surface area (Å²) < 4.78 is 3.65. The predicted molar refractivity (Wildman–Crippen MR) is 191 cm³/mol. The van der Waals surface area contributed by atoms with Crippen LogP contribution in [0.5, 0.6) is 0 Å². The van der Waals surface area contributed by atoms with E-state index in [0.717, 1.165) is 63.0 Å². The Bertz CT molecular complexity index is 1740. The summed E-state index contributed by atoms with van der Waals surface area (Å²) >= 11 is 0. The first kappa shape index (κ1) is 34.0. The number of fused-ring (bicyclic) bond motifs is 1. The summed E-state index contributed by atoms with van der Waals surface area (Å²) in [6.45, 7) is 9.30. The predicted octanol–water partition coefficient (Wildman–Crippen LogP) is 3.04. The van der Waals surface area contributed by atoms with Gasteiger partial charge in [0.2, 0.25) is 5.95 Å². The number of carbonyl (C=O) groups is 1. The van der Waals surface area contributed by atoms with Crippen molar-refractivity contribution in [1.29, 1.82) is 0 Å². The van der Waals surface area contributed by atoms with Gasteiger partial charge in [-0.2, -0.15) is 15.1 Å². The van der Waals surface area contributed by atoms with Crippen molar-refractivity contribution in [3.8, 4) is 0 Å². The van der Waals surface area contributed by atoms with Gasteiger partial charge >= 0.3 is 6.03 Å². The number of pyridine rings is 1. The minimum Gasteiger partial charge on any atom is -0.388 e. The third-order valence-electron chi connectivity index (χ3n) is 10.7. The maximum atomic E-state index is 13.1. The summed E-state index contributed by atoms with van der Waals surface area (Å²) in [5.41, 5.74) is 2.30. The monoisotopic (exact) mass is 686 g/mol. The van der Waals surface area contributed by atoms with E-state index in [1.165, 1.54) is 0 Å². The lowest BCUT2D eigenvalue weighted by Crippen LogP contribution is -2.50. The number of aliphatic hydroxyl groups is 2. The molecule has 3 aliphatic rings. The smallest absolute Gasteiger partial charge is 0.315 e. The normalized spacial score (nSPS) is 24.4. The van der Waals surface area contributed by atoms with E-state index in [-0.39, 0.29) is 30.2 Å². The summed E-state index contributed by atoms with van der Waals surface area (Å²) in [6.07, 6.45) is 10.9. The number of nitrogens with one attached hydrogen (secondary N) is 3. The zero-order valence-electron chi connectivity index (χ0n) is 29.2. The van der Waals surface area contributed by atoms with Gasteiger partial charge in [0.15, 0.2) is 17.0 Å². The number of amides is 2. The second-order valence-corrected chi connectivity index (χ2v) is 13.9. The molecule has 0 bridgehead atoms. The first-order valence-corrected chi connectivity index (χ1v) is 18.2. The van der Waals surface area contributed by atoms with Crippen molar-refractivity contribution in [3.63, 3.8) is 0 Å². The third-order valence-corrected chi connectivity index (χ3v) is 10.7. The van der Waals surface area contributed by atoms with Crippen LogP contribution in [0.2, 0.25) is 0 Å². The molecule has 15 heteroatoms. The maximum absolute atomic E-state index is 13.1. The van der Waals surface area contributed by atoms with Gasteiger partial charge in [0.05, 0.1) is 24.6 Å². The number of anilines is 3. The zero-order valence-corrected chi connectivity index (χ0v) is 29.2. The van der Waals surface area contributed by atoms with Crippen LogP contribution in [0.25, 0.3) is 11.2 Å². The van der Waals surface area contributed by atoms with Gasteiger partial charge in [-0.15, -0.1) is 0 Å². The van der Waals surface area contributed by atoms with Crippen molar-refractivity contribution in [1.82, 2.24) is 44.9 Å². The summed E-state index contributed by atoms with van der Waals surface area (Å²) in [5, 5.41) is 36.9. The number of carbonyl (C=O) groups excluding carboxylic acids is 1. The highest BCUT2D eigenvalue weighted by atomic mass is 16.3. The topological polar surface area (TPSA) is 174 Å². The summed E-state index contributed by atoms with van der Waals surface area (Å²) in [6, 6.07) is 5.23. The lowest BCUT2D eigenvalue weighted by molar-refractivity contribution is 0.00721. The van der Waals surface area contributed by atoms with Gasteiger partial charge in [0, 0.05) is 56.7 Å². The molecule has 1 saturated carbocycles. The number of rotatable bonds is 11. The van der Waals surface area contributed by atoms with E-state index in [1.807, 2.05) is 41.4 Å². The fourth-order valence-corrected chi connectivity index (χ4v) is 7.61. The molecule has 2 amide bonds. The van der Waals surface area contributed by atoms with E-state index in [1.54, 1.807) is 11.0 Å². The molecule has 3 fully saturated rings. The highest BCUT2D eigenvalue weighted by molar-refractivity contribution is 5.85. The Morgan fingerprint density at radius 1 is 0.940 bits per heavy atom. The quantitative estimate of drug-likeness (QED) is 0.157. The Hall–Kier alpha value is -4.50. The number of aromatic nitrogens is 7. The Morgan fingerprint density at radius 2 is 1.68 bits per heavy atom. The number of aryl methyl sites for hydroxylation is 1. The SMILES string of the molecule is CCc1cnn([C@H]2C[C@@H](n3cnc4c(NC(CC)CC)nc(N5CC[C@H](NC(=O)NC6CCN(c7ccccn7)CC6)C5)nc43)[C@H](O)[C@@H]2O)c1. The average molecular weight is 687 g/mol. The van der Waals surface area contributed by atoms with E-state index < -0.39 is 18.2 Å². The number of aliphatic hydroxyl groups excluding tert-OH is 2. The molecular formula is C35H50N12O3. The van der Waals surface area contributed by atoms with E-state index in [9.17, 15) is 15.0 Å². The molecule has 2 aliphatic heterocycles. The molecule has 0 radical (unpaired) electrons. The van der Waals surface area contributed by atoms with Crippen LogP contribution in [0.1, 0.15) is 76.9 Å². The standard InChI is InChI=1S/C35H50N12O3/c1-4-22-18-38-47(19-22)27-17-26(30(48)31(27)49)46-21-37-29-32(39-23(5-2)6-3)42-34(43-33(29)46)45-16-12-25(20-45)41-35(50)40-24-10-14-44(15-11-24)28-9-7-8-13-36-28/h7-9,13,18-19,21,23-27,30-31,48-49H,4-6,10-12,14-17,20H2,1-3H3,(H,39,42,43)(H2,40,41,50)/t25-,26+,27-,30-,31+/m0/s1. The lowest BCUT2D eigenvalue weighted by atomic mass is 10.1. The van der Waals surface area contributed by atoms with Crippen molar-refractivity contribution >= 4 is 34.8 Å². The van der Waals surface area contributed by atoms with Crippen molar-refractivity contribution in [2.45, 2.75) is 108 Å². The second-order valence-electron chi connectivity index (χ2n) is 13.9. The molecule has 5 atom stereocenters. The molecule has 5 N–H and O–H groups in total. The average Bonchev–Trinajstić information content (AvgIpc) is 3.95. The lowest BCUT2D eigenvalue weighted by Gasteiger charge is -2.33. The fraction of sp³-hybridized carbons (Fsp3) is 0.600. The minimum absolute atomic E-state index is 0.0575. The van der Waals surface area contributed by atoms with Gasteiger partial charge in [-0.1, -0.05) is 26.8 Å². The van der Waals surface area contributed by atoms with Crippen LogP contribution in [0.4, 0.5) is 22.4 Å². The van der Waals surface area contributed by atoms with Crippen molar-refractivity contribution < 1.29 is 15.0 Å². The van der Waals surface area contributed by atoms with Gasteiger partial charge in [0.1, 0.15) is 18.0 Å². The Kier molecular flexibility index (Phi) is 10.0. The number of nitrogens with zero attached hydrogens (tertiary/aromatic N) is 9. The number of piperidine rings is 1. The Balaban J connectivity index is 1.05. The first-order chi connectivity index (χ1) is 24.3. The Labute approximate surface area is 292 Å². The molecule has 4 aromatic heterocycles. The third kappa shape index (κ3) is 6.93. The Morgan fingerprint density at radius 3 is 2.40 bits per heavy atom. The largest absolute Gasteiger partial charge is 0.388 e. The molecule has 2 saturated heterocycles. The second kappa shape index (κ2) is 14.8. The number of hydrogen-bond acceptors (Lipinski definition) is 11. The number of hydrogen-bond donors (Lipinski definition) is 5. The molecule has 0 unspecified atom stereocenters. The van der Waals surface area contributed by atoms with Crippen LogP contribution in [-0.2, 0) is 6.42 Å². The fourth-order valence-electron chi connectivity index (χ4n) is 7.61. The number of urea groups is 1. The van der Waals surface area contributed by atoms with Crippen LogP contribution in [0.3, 0.4) is 0 Å². The molecule has 7 rings (SSSR count). The zero-order chi connectivity index (χ0) is 34.8. The highest BCUT2D eigenvalue weighted by Gasteiger charge is 2.44. The molecule has 15 nitrogen and oxygen atoms in total.